The molecule has 0 fully saturated rings. The average Bonchev–Trinajstić information content (AvgIpc) is 2.79. The van der Waals surface area contributed by atoms with Crippen LogP contribution in [0, 0.1) is 19.8 Å². The minimum Gasteiger partial charge on any atom is -0.468 e. The van der Waals surface area contributed by atoms with Gasteiger partial charge in [-0.25, -0.2) is 4.79 Å². The number of nitrogens with zero attached hydrogens (tertiary/aromatic N) is 1. The molecule has 2 N–H and O–H groups in total. The Bertz CT molecular complexity index is 954. The molecule has 0 radical (unpaired) electrons. The van der Waals surface area contributed by atoms with E-state index in [-0.39, 0.29) is 18.5 Å². The topological polar surface area (TPSA) is 114 Å². The third-order valence-electron chi connectivity index (χ3n) is 5.91. The number of methoxy groups -OCH3 is 1. The molecule has 0 bridgehead atoms. The van der Waals surface area contributed by atoms with Crippen LogP contribution < -0.4 is 10.6 Å². The molecule has 3 amide bonds. The van der Waals surface area contributed by atoms with Crippen LogP contribution in [-0.2, 0) is 23.9 Å². The molecule has 37 heavy (non-hydrogen) atoms. The van der Waals surface area contributed by atoms with Gasteiger partial charge in [0.25, 0.3) is 0 Å². The molecule has 0 saturated heterocycles. The fourth-order valence-corrected chi connectivity index (χ4v) is 3.92. The molecule has 9 heteroatoms. The van der Waals surface area contributed by atoms with Crippen molar-refractivity contribution in [2.75, 3.05) is 13.7 Å². The number of esters is 1. The summed E-state index contributed by atoms with van der Waals surface area (Å²) in [6, 6.07) is 3.42. The molecular weight excluding hydrogens is 474 g/mol. The third-order valence-corrected chi connectivity index (χ3v) is 5.91. The highest BCUT2D eigenvalue weighted by atomic mass is 16.6. The number of carbonyl (C=O) groups is 4. The number of carbonyl (C=O) groups excluding carboxylic acids is 4. The number of hydrogen-bond donors (Lipinski definition) is 2. The Morgan fingerprint density at radius 3 is 2.19 bits per heavy atom. The van der Waals surface area contributed by atoms with Gasteiger partial charge in [-0.05, 0) is 71.4 Å². The first kappa shape index (κ1) is 31.9. The van der Waals surface area contributed by atoms with Gasteiger partial charge >= 0.3 is 12.1 Å². The highest BCUT2D eigenvalue weighted by Gasteiger charge is 2.39. The molecule has 9 nitrogen and oxygen atoms in total. The summed E-state index contributed by atoms with van der Waals surface area (Å²) in [6.45, 7) is 16.4. The largest absolute Gasteiger partial charge is 0.468 e. The highest BCUT2D eigenvalue weighted by Crippen LogP contribution is 2.30. The molecule has 3 atom stereocenters. The second-order valence-corrected chi connectivity index (χ2v) is 10.9. The Labute approximate surface area is 221 Å². The lowest BCUT2D eigenvalue weighted by molar-refractivity contribution is -0.146. The smallest absolute Gasteiger partial charge is 0.408 e. The first-order valence-electron chi connectivity index (χ1n) is 12.8. The molecule has 3 unspecified atom stereocenters. The van der Waals surface area contributed by atoms with E-state index in [1.807, 2.05) is 59.7 Å². The normalized spacial score (nSPS) is 13.8. The monoisotopic (exact) mass is 519 g/mol. The zero-order chi connectivity index (χ0) is 28.5. The summed E-state index contributed by atoms with van der Waals surface area (Å²) in [5.41, 5.74) is 1.66. The quantitative estimate of drug-likeness (QED) is 0.424. The first-order chi connectivity index (χ1) is 17.1. The van der Waals surface area contributed by atoms with Crippen LogP contribution in [0.25, 0.3) is 0 Å². The minimum atomic E-state index is -1.03. The standard InChI is InChI=1S/C28H45N3O6/c1-11-20(6)31(26(34)22(14-17(2)3)30-27(35)37-28(7,8)9)24(25(33)29-16-23(32)36-10)21-15-18(4)12-13-19(21)5/h12-13,15,17,20,22,24H,11,14,16H2,1-10H3,(H,29,33)(H,30,35). The molecule has 1 aromatic rings. The highest BCUT2D eigenvalue weighted by molar-refractivity contribution is 5.93. The van der Waals surface area contributed by atoms with Gasteiger partial charge in [-0.2, -0.15) is 0 Å². The van der Waals surface area contributed by atoms with E-state index in [0.717, 1.165) is 11.1 Å². The Hall–Kier alpha value is -3.10. The molecule has 0 spiro atoms. The van der Waals surface area contributed by atoms with Crippen LogP contribution in [-0.4, -0.2) is 60.1 Å². The maximum absolute atomic E-state index is 14.2. The number of aryl methyl sites for hydroxylation is 2. The number of alkyl carbamates (subject to hydrolysis) is 1. The van der Waals surface area contributed by atoms with Crippen molar-refractivity contribution in [3.63, 3.8) is 0 Å². The fraction of sp³-hybridized carbons (Fsp3) is 0.643. The van der Waals surface area contributed by atoms with Gasteiger partial charge in [0.15, 0.2) is 0 Å². The lowest BCUT2D eigenvalue weighted by Crippen LogP contribution is -2.56. The van der Waals surface area contributed by atoms with Crippen molar-refractivity contribution < 1.29 is 28.7 Å². The molecule has 0 aromatic heterocycles. The number of ether oxygens (including phenoxy) is 2. The third kappa shape index (κ3) is 10.1. The fourth-order valence-electron chi connectivity index (χ4n) is 3.92. The van der Waals surface area contributed by atoms with E-state index in [9.17, 15) is 19.2 Å². The van der Waals surface area contributed by atoms with Crippen LogP contribution in [0.4, 0.5) is 4.79 Å². The Balaban J connectivity index is 3.61. The number of rotatable bonds is 11. The van der Waals surface area contributed by atoms with Crippen LogP contribution in [0.15, 0.2) is 18.2 Å². The van der Waals surface area contributed by atoms with Crippen LogP contribution in [0.2, 0.25) is 0 Å². The van der Waals surface area contributed by atoms with Crippen molar-refractivity contribution in [1.29, 1.82) is 0 Å². The lowest BCUT2D eigenvalue weighted by Gasteiger charge is -2.39. The predicted molar refractivity (Wildman–Crippen MR) is 143 cm³/mol. The molecule has 0 aliphatic rings. The summed E-state index contributed by atoms with van der Waals surface area (Å²) in [7, 11) is 1.24. The van der Waals surface area contributed by atoms with Crippen molar-refractivity contribution in [3.05, 3.63) is 34.9 Å². The predicted octanol–water partition coefficient (Wildman–Crippen LogP) is 4.20. The van der Waals surface area contributed by atoms with E-state index in [1.165, 1.54) is 12.0 Å². The van der Waals surface area contributed by atoms with Crippen molar-refractivity contribution >= 4 is 23.9 Å². The maximum Gasteiger partial charge on any atom is 0.408 e. The van der Waals surface area contributed by atoms with Crippen LogP contribution in [0.5, 0.6) is 0 Å². The van der Waals surface area contributed by atoms with Crippen molar-refractivity contribution in [1.82, 2.24) is 15.5 Å². The van der Waals surface area contributed by atoms with Gasteiger partial charge in [0.1, 0.15) is 24.2 Å². The molecule has 1 aromatic carbocycles. The zero-order valence-electron chi connectivity index (χ0n) is 24.1. The van der Waals surface area contributed by atoms with E-state index >= 15 is 0 Å². The summed E-state index contributed by atoms with van der Waals surface area (Å²) >= 11 is 0. The molecule has 0 saturated carbocycles. The Morgan fingerprint density at radius 1 is 1.05 bits per heavy atom. The molecule has 1 rings (SSSR count). The molecule has 0 heterocycles. The zero-order valence-corrected chi connectivity index (χ0v) is 24.1. The number of amides is 3. The second-order valence-electron chi connectivity index (χ2n) is 10.9. The van der Waals surface area contributed by atoms with Gasteiger partial charge in [-0.3, -0.25) is 14.4 Å². The molecule has 208 valence electrons. The molecular formula is C28H45N3O6. The van der Waals surface area contributed by atoms with Crippen molar-refractivity contribution in [3.8, 4) is 0 Å². The van der Waals surface area contributed by atoms with Gasteiger partial charge in [0.05, 0.1) is 7.11 Å². The maximum atomic E-state index is 14.2. The van der Waals surface area contributed by atoms with Crippen LogP contribution in [0.1, 0.15) is 84.0 Å². The van der Waals surface area contributed by atoms with Gasteiger partial charge < -0.3 is 25.0 Å². The Kier molecular flexibility index (Phi) is 12.1. The summed E-state index contributed by atoms with van der Waals surface area (Å²) in [5, 5.41) is 5.36. The van der Waals surface area contributed by atoms with Gasteiger partial charge in [0.2, 0.25) is 11.8 Å². The van der Waals surface area contributed by atoms with Gasteiger partial charge in [-0.15, -0.1) is 0 Å². The lowest BCUT2D eigenvalue weighted by atomic mass is 9.93. The second kappa shape index (κ2) is 14.0. The minimum absolute atomic E-state index is 0.0787. The SMILES string of the molecule is CCC(C)N(C(=O)C(CC(C)C)NC(=O)OC(C)(C)C)C(C(=O)NCC(=O)OC)c1cc(C)ccc1C. The summed E-state index contributed by atoms with van der Waals surface area (Å²) < 4.78 is 10.1. The van der Waals surface area contributed by atoms with E-state index in [4.69, 9.17) is 4.74 Å². The molecule has 0 aliphatic heterocycles. The number of hydrogen-bond acceptors (Lipinski definition) is 6. The van der Waals surface area contributed by atoms with Gasteiger partial charge in [-0.1, -0.05) is 44.5 Å². The number of benzene rings is 1. The Morgan fingerprint density at radius 2 is 1.68 bits per heavy atom. The summed E-state index contributed by atoms with van der Waals surface area (Å²) in [5.74, 6) is -1.42. The van der Waals surface area contributed by atoms with Crippen molar-refractivity contribution in [2.45, 2.75) is 98.9 Å². The van der Waals surface area contributed by atoms with E-state index in [1.54, 1.807) is 20.8 Å². The van der Waals surface area contributed by atoms with E-state index in [0.29, 0.717) is 18.4 Å². The van der Waals surface area contributed by atoms with Crippen LogP contribution in [0.3, 0.4) is 0 Å². The molecule has 0 aliphatic carbocycles. The average molecular weight is 520 g/mol. The van der Waals surface area contributed by atoms with E-state index in [2.05, 4.69) is 15.4 Å². The first-order valence-corrected chi connectivity index (χ1v) is 12.8. The summed E-state index contributed by atoms with van der Waals surface area (Å²) in [4.78, 5) is 53.8. The van der Waals surface area contributed by atoms with Crippen molar-refractivity contribution in [2.24, 2.45) is 5.92 Å². The number of nitrogens with one attached hydrogen (secondary N) is 2. The van der Waals surface area contributed by atoms with Crippen LogP contribution >= 0.6 is 0 Å². The summed E-state index contributed by atoms with van der Waals surface area (Å²) in [6.07, 6.45) is 0.223. The van der Waals surface area contributed by atoms with E-state index < -0.39 is 41.6 Å². The van der Waals surface area contributed by atoms with Gasteiger partial charge in [0, 0.05) is 6.04 Å².